The molecule has 3 aliphatic carbocycles. The lowest BCUT2D eigenvalue weighted by Crippen LogP contribution is -2.40. The molecule has 10 aromatic carbocycles. The van der Waals surface area contributed by atoms with Crippen molar-refractivity contribution >= 4 is 48.6 Å². The summed E-state index contributed by atoms with van der Waals surface area (Å²) in [7, 11) is 0. The summed E-state index contributed by atoms with van der Waals surface area (Å²) in [5.41, 5.74) is 24.0. The Labute approximate surface area is 408 Å². The van der Waals surface area contributed by atoms with E-state index in [0.717, 1.165) is 11.4 Å². The Morgan fingerprint density at radius 2 is 0.783 bits per heavy atom. The van der Waals surface area contributed by atoms with Crippen molar-refractivity contribution in [2.24, 2.45) is 0 Å². The Balaban J connectivity index is 0.972. The number of fused-ring (bicyclic) bond motifs is 15. The van der Waals surface area contributed by atoms with Gasteiger partial charge in [0.25, 0.3) is 0 Å². The molecule has 1 aromatic heterocycles. The van der Waals surface area contributed by atoms with Gasteiger partial charge in [0.15, 0.2) is 0 Å². The van der Waals surface area contributed by atoms with Gasteiger partial charge in [0.2, 0.25) is 0 Å². The van der Waals surface area contributed by atoms with E-state index in [1.165, 1.54) is 115 Å². The first-order valence-electron chi connectivity index (χ1n) is 24.3. The van der Waals surface area contributed by atoms with Crippen LogP contribution in [-0.2, 0) is 16.2 Å². The number of rotatable bonds is 5. The fourth-order valence-corrected chi connectivity index (χ4v) is 14.3. The molecule has 14 rings (SSSR count). The number of benzene rings is 10. The van der Waals surface area contributed by atoms with Crippen LogP contribution in [0.5, 0.6) is 0 Å². The summed E-state index contributed by atoms with van der Waals surface area (Å²) < 4.78 is 2.58. The third kappa shape index (κ3) is 5.52. The lowest BCUT2D eigenvalue weighted by Gasteiger charge is -2.46. The van der Waals surface area contributed by atoms with Gasteiger partial charge in [-0.15, -0.1) is 11.3 Å². The van der Waals surface area contributed by atoms with Gasteiger partial charge in [-0.1, -0.05) is 216 Å². The smallest absolute Gasteiger partial charge is 0.0719 e. The summed E-state index contributed by atoms with van der Waals surface area (Å²) in [5.74, 6) is 0. The van der Waals surface area contributed by atoms with Crippen molar-refractivity contribution in [3.05, 3.63) is 269 Å². The fraction of sp³-hybridized carbons (Fsp3) is 0.104. The van der Waals surface area contributed by atoms with Crippen LogP contribution < -0.4 is 4.90 Å². The van der Waals surface area contributed by atoms with Crippen molar-refractivity contribution in [1.29, 1.82) is 0 Å². The van der Waals surface area contributed by atoms with Gasteiger partial charge in [-0.25, -0.2) is 0 Å². The standard InChI is InChI=1S/C67H49NS/c1-65(2)54-25-10-8-20-48(54)50-39-37-46(41-60(50)65)68(45-35-32-43(33-36-45)42-18-6-5-7-19-42)62-31-17-24-53-52-23-16-22-47(63(52)69-64(53)62)44-34-38-51-49-21-9-11-26-55(49)67(61(51)40-44)58-29-14-12-27-56(58)66(3,4)57-28-13-15-30-59(57)67/h5-41H,1-4H3. The average molecular weight is 900 g/mol. The molecule has 2 heteroatoms. The second-order valence-electron chi connectivity index (χ2n) is 20.4. The molecule has 0 saturated heterocycles. The number of hydrogen-bond donors (Lipinski definition) is 0. The zero-order chi connectivity index (χ0) is 46.2. The van der Waals surface area contributed by atoms with Gasteiger partial charge in [-0.2, -0.15) is 0 Å². The second-order valence-corrected chi connectivity index (χ2v) is 21.4. The molecular formula is C67H49NS. The van der Waals surface area contributed by atoms with E-state index in [4.69, 9.17) is 0 Å². The van der Waals surface area contributed by atoms with Crippen LogP contribution in [0, 0.1) is 0 Å². The van der Waals surface area contributed by atoms with E-state index in [1.807, 2.05) is 11.3 Å². The monoisotopic (exact) mass is 899 g/mol. The maximum atomic E-state index is 2.55. The molecule has 0 bridgehead atoms. The maximum Gasteiger partial charge on any atom is 0.0719 e. The molecule has 0 aliphatic heterocycles. The van der Waals surface area contributed by atoms with Crippen LogP contribution in [0.15, 0.2) is 224 Å². The SMILES string of the molecule is CC1(C)c2ccccc2-c2ccc(N(c3ccc(-c4ccccc4)cc3)c3cccc4c3sc3c(-c5ccc6c(c5)C5(c7ccccc7-6)c6ccccc6C(C)(C)c6ccccc65)cccc34)cc21. The molecule has 1 spiro atoms. The van der Waals surface area contributed by atoms with E-state index < -0.39 is 5.41 Å². The predicted molar refractivity (Wildman–Crippen MR) is 292 cm³/mol. The molecule has 0 amide bonds. The largest absolute Gasteiger partial charge is 0.309 e. The molecule has 328 valence electrons. The number of hydrogen-bond acceptors (Lipinski definition) is 2. The molecule has 0 radical (unpaired) electrons. The zero-order valence-corrected chi connectivity index (χ0v) is 40.0. The van der Waals surface area contributed by atoms with Crippen molar-refractivity contribution < 1.29 is 0 Å². The Morgan fingerprint density at radius 3 is 1.49 bits per heavy atom. The maximum absolute atomic E-state index is 2.55. The van der Waals surface area contributed by atoms with Crippen LogP contribution in [0.4, 0.5) is 17.1 Å². The lowest BCUT2D eigenvalue weighted by atomic mass is 9.55. The van der Waals surface area contributed by atoms with Gasteiger partial charge in [-0.3, -0.25) is 0 Å². The van der Waals surface area contributed by atoms with Gasteiger partial charge in [0.1, 0.15) is 0 Å². The topological polar surface area (TPSA) is 3.24 Å². The van der Waals surface area contributed by atoms with Crippen LogP contribution in [-0.4, -0.2) is 0 Å². The van der Waals surface area contributed by atoms with Crippen molar-refractivity contribution in [3.63, 3.8) is 0 Å². The number of nitrogens with zero attached hydrogens (tertiary/aromatic N) is 1. The van der Waals surface area contributed by atoms with Gasteiger partial charge in [-0.05, 0) is 125 Å². The quantitative estimate of drug-likeness (QED) is 0.166. The van der Waals surface area contributed by atoms with E-state index >= 15 is 0 Å². The summed E-state index contributed by atoms with van der Waals surface area (Å²) >= 11 is 1.93. The highest BCUT2D eigenvalue weighted by molar-refractivity contribution is 7.27. The Kier molecular flexibility index (Phi) is 8.54. The normalized spacial score (nSPS) is 15.0. The number of thiophene rings is 1. The van der Waals surface area contributed by atoms with Gasteiger partial charge in [0, 0.05) is 37.7 Å². The summed E-state index contributed by atoms with van der Waals surface area (Å²) in [5, 5.41) is 2.56. The van der Waals surface area contributed by atoms with Crippen molar-refractivity contribution in [3.8, 4) is 44.5 Å². The highest BCUT2D eigenvalue weighted by Crippen LogP contribution is 2.63. The lowest BCUT2D eigenvalue weighted by molar-refractivity contribution is 0.563. The predicted octanol–water partition coefficient (Wildman–Crippen LogP) is 18.2. The first-order valence-corrected chi connectivity index (χ1v) is 25.2. The molecule has 11 aromatic rings. The minimum absolute atomic E-state index is 0.128. The van der Waals surface area contributed by atoms with Crippen molar-refractivity contribution in [2.45, 2.75) is 43.9 Å². The van der Waals surface area contributed by atoms with Crippen LogP contribution in [0.25, 0.3) is 64.7 Å². The van der Waals surface area contributed by atoms with Crippen LogP contribution >= 0.6 is 11.3 Å². The minimum Gasteiger partial charge on any atom is -0.309 e. The fourth-order valence-electron chi connectivity index (χ4n) is 12.9. The molecule has 3 aliphatic rings. The third-order valence-corrected chi connectivity index (χ3v) is 17.4. The molecule has 0 fully saturated rings. The van der Waals surface area contributed by atoms with E-state index in [1.54, 1.807) is 0 Å². The first kappa shape index (κ1) is 40.3. The average Bonchev–Trinajstić information content (AvgIpc) is 4.00. The van der Waals surface area contributed by atoms with Gasteiger partial charge in [0.05, 0.1) is 15.8 Å². The van der Waals surface area contributed by atoms with Crippen LogP contribution in [0.3, 0.4) is 0 Å². The van der Waals surface area contributed by atoms with Gasteiger partial charge < -0.3 is 4.90 Å². The molecule has 1 heterocycles. The zero-order valence-electron chi connectivity index (χ0n) is 39.2. The third-order valence-electron chi connectivity index (χ3n) is 16.2. The highest BCUT2D eigenvalue weighted by atomic mass is 32.1. The molecule has 0 N–H and O–H groups in total. The summed E-state index contributed by atoms with van der Waals surface area (Å²) in [6.45, 7) is 9.55. The van der Waals surface area contributed by atoms with Gasteiger partial charge >= 0.3 is 0 Å². The molecule has 0 saturated carbocycles. The number of anilines is 3. The van der Waals surface area contributed by atoms with Crippen LogP contribution in [0.1, 0.15) is 72.2 Å². The Morgan fingerprint density at radius 1 is 0.304 bits per heavy atom. The Bertz CT molecular complexity index is 3860. The molecule has 0 unspecified atom stereocenters. The second kappa shape index (κ2) is 14.6. The highest BCUT2D eigenvalue weighted by Gasteiger charge is 2.53. The van der Waals surface area contributed by atoms with E-state index in [0.29, 0.717) is 0 Å². The van der Waals surface area contributed by atoms with E-state index in [2.05, 4.69) is 257 Å². The molecular weight excluding hydrogens is 851 g/mol. The van der Waals surface area contributed by atoms with E-state index in [-0.39, 0.29) is 10.8 Å². The molecule has 69 heavy (non-hydrogen) atoms. The first-order chi connectivity index (χ1) is 33.7. The molecule has 0 atom stereocenters. The minimum atomic E-state index is -0.450. The van der Waals surface area contributed by atoms with Crippen molar-refractivity contribution in [2.75, 3.05) is 4.90 Å². The van der Waals surface area contributed by atoms with E-state index in [9.17, 15) is 0 Å². The van der Waals surface area contributed by atoms with Crippen LogP contribution in [0.2, 0.25) is 0 Å². The molecule has 1 nitrogen and oxygen atoms in total. The Hall–Kier alpha value is -7.78. The summed E-state index contributed by atoms with van der Waals surface area (Å²) in [4.78, 5) is 2.50. The summed E-state index contributed by atoms with van der Waals surface area (Å²) in [6.07, 6.45) is 0. The summed E-state index contributed by atoms with van der Waals surface area (Å²) in [6, 6.07) is 84.8. The van der Waals surface area contributed by atoms with Crippen molar-refractivity contribution in [1.82, 2.24) is 0 Å².